The van der Waals surface area contributed by atoms with Gasteiger partial charge in [0.15, 0.2) is 0 Å². The number of benzene rings is 4. The summed E-state index contributed by atoms with van der Waals surface area (Å²) in [4.78, 5) is 2.43. The van der Waals surface area contributed by atoms with Crippen LogP contribution in [0.2, 0.25) is 0 Å². The van der Waals surface area contributed by atoms with Gasteiger partial charge in [0.25, 0.3) is 0 Å². The van der Waals surface area contributed by atoms with Gasteiger partial charge >= 0.3 is 0 Å². The van der Waals surface area contributed by atoms with E-state index >= 15 is 0 Å². The van der Waals surface area contributed by atoms with Crippen LogP contribution in [0.3, 0.4) is 0 Å². The fourth-order valence-corrected chi connectivity index (χ4v) is 4.31. The van der Waals surface area contributed by atoms with Crippen LogP contribution in [0.15, 0.2) is 103 Å². The molecule has 0 saturated carbocycles. The lowest BCUT2D eigenvalue weighted by Gasteiger charge is -2.30. The second-order valence-electron chi connectivity index (χ2n) is 7.34. The highest BCUT2D eigenvalue weighted by molar-refractivity contribution is 6.15. The zero-order valence-corrected chi connectivity index (χ0v) is 16.1. The second kappa shape index (κ2) is 7.01. The molecule has 0 atom stereocenters. The number of aryl methyl sites for hydroxylation is 1. The van der Waals surface area contributed by atoms with E-state index in [1.54, 1.807) is 0 Å². The molecule has 0 bridgehead atoms. The van der Waals surface area contributed by atoms with Crippen molar-refractivity contribution in [1.29, 1.82) is 0 Å². The standard InChI is InChI=1S/C27H23N/c1-20-23-16-8-10-18-25(23)27(26-19-11-9-17-24(20)26)28(21-12-4-2-5-13-21)22-14-6-3-7-15-22/h2,4-6,8-19H,3,7H2,1H3. The van der Waals surface area contributed by atoms with Gasteiger partial charge in [-0.05, 0) is 54.3 Å². The number of anilines is 2. The van der Waals surface area contributed by atoms with Crippen molar-refractivity contribution in [1.82, 2.24) is 0 Å². The van der Waals surface area contributed by atoms with Crippen molar-refractivity contribution in [2.24, 2.45) is 0 Å². The highest BCUT2D eigenvalue weighted by Gasteiger charge is 2.20. The molecule has 136 valence electrons. The topological polar surface area (TPSA) is 3.24 Å². The Labute approximate surface area is 166 Å². The monoisotopic (exact) mass is 361 g/mol. The first-order valence-corrected chi connectivity index (χ1v) is 9.96. The number of hydrogen-bond acceptors (Lipinski definition) is 1. The van der Waals surface area contributed by atoms with Gasteiger partial charge in [0.1, 0.15) is 0 Å². The molecule has 0 heterocycles. The summed E-state index contributed by atoms with van der Waals surface area (Å²) in [7, 11) is 0. The quantitative estimate of drug-likeness (QED) is 0.338. The molecule has 4 aromatic rings. The third-order valence-corrected chi connectivity index (χ3v) is 5.64. The molecule has 1 heteroatoms. The van der Waals surface area contributed by atoms with Gasteiger partial charge in [-0.25, -0.2) is 0 Å². The summed E-state index contributed by atoms with van der Waals surface area (Å²) in [6, 6.07) is 28.3. The largest absolute Gasteiger partial charge is 0.310 e. The Morgan fingerprint density at radius 3 is 1.79 bits per heavy atom. The highest BCUT2D eigenvalue weighted by atomic mass is 15.1. The fraction of sp³-hybridized carbons (Fsp3) is 0.111. The second-order valence-corrected chi connectivity index (χ2v) is 7.34. The van der Waals surface area contributed by atoms with Crippen LogP contribution in [-0.4, -0.2) is 0 Å². The first-order chi connectivity index (χ1) is 13.8. The average molecular weight is 361 g/mol. The van der Waals surface area contributed by atoms with E-state index in [1.807, 2.05) is 0 Å². The van der Waals surface area contributed by atoms with Gasteiger partial charge in [0.05, 0.1) is 5.69 Å². The van der Waals surface area contributed by atoms with Crippen molar-refractivity contribution in [3.8, 4) is 0 Å². The molecule has 0 spiro atoms. The molecule has 0 saturated heterocycles. The first kappa shape index (κ1) is 16.8. The SMILES string of the molecule is Cc1c2ccccc2c(N(C2=CCCC=C2)c2ccccc2)c2ccccc12. The van der Waals surface area contributed by atoms with Crippen LogP contribution in [0.25, 0.3) is 21.5 Å². The number of para-hydroxylation sites is 1. The Bertz CT molecular complexity index is 1160. The van der Waals surface area contributed by atoms with Crippen LogP contribution < -0.4 is 4.90 Å². The molecule has 0 aromatic heterocycles. The van der Waals surface area contributed by atoms with Crippen LogP contribution in [0.1, 0.15) is 18.4 Å². The lowest BCUT2D eigenvalue weighted by Crippen LogP contribution is -2.17. The van der Waals surface area contributed by atoms with Gasteiger partial charge in [-0.2, -0.15) is 0 Å². The molecule has 0 unspecified atom stereocenters. The zero-order chi connectivity index (χ0) is 18.9. The van der Waals surface area contributed by atoms with Gasteiger partial charge in [0, 0.05) is 22.2 Å². The molecule has 1 aliphatic carbocycles. The smallest absolute Gasteiger partial charge is 0.0618 e. The molecular weight excluding hydrogens is 338 g/mol. The zero-order valence-electron chi connectivity index (χ0n) is 16.1. The molecule has 5 rings (SSSR count). The molecule has 1 nitrogen and oxygen atoms in total. The van der Waals surface area contributed by atoms with Gasteiger partial charge in [-0.1, -0.05) is 78.9 Å². The summed E-state index contributed by atoms with van der Waals surface area (Å²) in [5, 5.41) is 5.22. The summed E-state index contributed by atoms with van der Waals surface area (Å²) >= 11 is 0. The van der Waals surface area contributed by atoms with E-state index in [-0.39, 0.29) is 0 Å². The number of nitrogens with zero attached hydrogens (tertiary/aromatic N) is 1. The molecule has 0 N–H and O–H groups in total. The van der Waals surface area contributed by atoms with Crippen LogP contribution in [0.4, 0.5) is 11.4 Å². The van der Waals surface area contributed by atoms with Crippen LogP contribution in [0, 0.1) is 6.92 Å². The number of hydrogen-bond donors (Lipinski definition) is 0. The molecule has 1 aliphatic rings. The normalized spacial score (nSPS) is 13.7. The number of allylic oxidation sites excluding steroid dienone is 3. The van der Waals surface area contributed by atoms with Crippen molar-refractivity contribution in [2.45, 2.75) is 19.8 Å². The Kier molecular flexibility index (Phi) is 4.21. The summed E-state index contributed by atoms with van der Waals surface area (Å²) in [5.41, 5.74) is 5.05. The Hall–Kier alpha value is -3.32. The summed E-state index contributed by atoms with van der Waals surface area (Å²) in [5.74, 6) is 0. The van der Waals surface area contributed by atoms with Crippen LogP contribution in [0.5, 0.6) is 0 Å². The van der Waals surface area contributed by atoms with Crippen LogP contribution in [-0.2, 0) is 0 Å². The molecule has 0 fully saturated rings. The minimum atomic E-state index is 1.08. The molecule has 28 heavy (non-hydrogen) atoms. The summed E-state index contributed by atoms with van der Waals surface area (Å²) in [6.45, 7) is 2.24. The minimum absolute atomic E-state index is 1.08. The first-order valence-electron chi connectivity index (χ1n) is 9.96. The van der Waals surface area contributed by atoms with E-state index in [4.69, 9.17) is 0 Å². The molecular formula is C27H23N. The van der Waals surface area contributed by atoms with Gasteiger partial charge in [-0.15, -0.1) is 0 Å². The molecule has 0 amide bonds. The van der Waals surface area contributed by atoms with Crippen molar-refractivity contribution in [2.75, 3.05) is 4.90 Å². The van der Waals surface area contributed by atoms with Crippen molar-refractivity contribution < 1.29 is 0 Å². The predicted octanol–water partition coefficient (Wildman–Crippen LogP) is 7.67. The molecule has 4 aromatic carbocycles. The Morgan fingerprint density at radius 1 is 0.643 bits per heavy atom. The maximum Gasteiger partial charge on any atom is 0.0618 e. The molecule has 0 aliphatic heterocycles. The van der Waals surface area contributed by atoms with Gasteiger partial charge in [-0.3, -0.25) is 0 Å². The number of fused-ring (bicyclic) bond motifs is 2. The van der Waals surface area contributed by atoms with Crippen molar-refractivity contribution in [3.05, 3.63) is 108 Å². The van der Waals surface area contributed by atoms with E-state index in [0.29, 0.717) is 0 Å². The van der Waals surface area contributed by atoms with E-state index in [2.05, 4.69) is 109 Å². The Balaban J connectivity index is 1.92. The lowest BCUT2D eigenvalue weighted by molar-refractivity contribution is 0.999. The number of rotatable bonds is 3. The van der Waals surface area contributed by atoms with E-state index in [1.165, 1.54) is 44.2 Å². The maximum atomic E-state index is 2.43. The van der Waals surface area contributed by atoms with Crippen LogP contribution >= 0.6 is 0 Å². The van der Waals surface area contributed by atoms with E-state index in [0.717, 1.165) is 12.8 Å². The van der Waals surface area contributed by atoms with E-state index in [9.17, 15) is 0 Å². The highest BCUT2D eigenvalue weighted by Crippen LogP contribution is 2.43. The summed E-state index contributed by atoms with van der Waals surface area (Å²) < 4.78 is 0. The van der Waals surface area contributed by atoms with Gasteiger partial charge in [0.2, 0.25) is 0 Å². The average Bonchev–Trinajstić information content (AvgIpc) is 2.78. The minimum Gasteiger partial charge on any atom is -0.310 e. The van der Waals surface area contributed by atoms with E-state index < -0.39 is 0 Å². The molecule has 0 radical (unpaired) electrons. The predicted molar refractivity (Wildman–Crippen MR) is 121 cm³/mol. The lowest BCUT2D eigenvalue weighted by atomic mass is 9.94. The fourth-order valence-electron chi connectivity index (χ4n) is 4.31. The third kappa shape index (κ3) is 2.71. The summed E-state index contributed by atoms with van der Waals surface area (Å²) in [6.07, 6.45) is 9.10. The van der Waals surface area contributed by atoms with Gasteiger partial charge < -0.3 is 4.90 Å². The maximum absolute atomic E-state index is 2.43. The third-order valence-electron chi connectivity index (χ3n) is 5.64. The van der Waals surface area contributed by atoms with Crippen molar-refractivity contribution >= 4 is 32.9 Å². The van der Waals surface area contributed by atoms with Crippen molar-refractivity contribution in [3.63, 3.8) is 0 Å². The Morgan fingerprint density at radius 2 is 1.21 bits per heavy atom.